The Hall–Kier alpha value is -1.10. The molecule has 4 heteroatoms. The van der Waals surface area contributed by atoms with Gasteiger partial charge in [0.1, 0.15) is 5.75 Å². The van der Waals surface area contributed by atoms with E-state index in [-0.39, 0.29) is 12.1 Å². The predicted molar refractivity (Wildman–Crippen MR) is 76.4 cm³/mol. The molecule has 1 fully saturated rings. The Morgan fingerprint density at radius 2 is 2.05 bits per heavy atom. The highest BCUT2D eigenvalue weighted by molar-refractivity contribution is 5.29. The molecule has 0 amide bonds. The van der Waals surface area contributed by atoms with Gasteiger partial charge in [-0.15, -0.1) is 0 Å². The molecule has 0 saturated carbocycles. The van der Waals surface area contributed by atoms with Gasteiger partial charge in [-0.05, 0) is 38.1 Å². The average molecular weight is 264 g/mol. The fourth-order valence-corrected chi connectivity index (χ4v) is 2.53. The lowest BCUT2D eigenvalue weighted by Crippen LogP contribution is -2.44. The molecule has 2 N–H and O–H groups in total. The van der Waals surface area contributed by atoms with Crippen LogP contribution in [0.15, 0.2) is 24.3 Å². The van der Waals surface area contributed by atoms with Gasteiger partial charge in [0, 0.05) is 24.7 Å². The smallest absolute Gasteiger partial charge is 0.118 e. The molecular weight excluding hydrogens is 240 g/mol. The van der Waals surface area contributed by atoms with Gasteiger partial charge in [-0.25, -0.2) is 0 Å². The van der Waals surface area contributed by atoms with Gasteiger partial charge in [0.15, 0.2) is 0 Å². The van der Waals surface area contributed by atoms with E-state index in [1.54, 1.807) is 7.11 Å². The van der Waals surface area contributed by atoms with Crippen LogP contribution in [0.4, 0.5) is 0 Å². The minimum atomic E-state index is -0.00324. The SMILES string of the molecule is COc1ccc(C(N)C(C)N(C)C2CCOC2)cc1. The Labute approximate surface area is 115 Å². The summed E-state index contributed by atoms with van der Waals surface area (Å²) in [5.41, 5.74) is 7.51. The average Bonchev–Trinajstić information content (AvgIpc) is 2.99. The lowest BCUT2D eigenvalue weighted by Gasteiger charge is -2.33. The minimum Gasteiger partial charge on any atom is -0.497 e. The molecule has 3 atom stereocenters. The first-order chi connectivity index (χ1) is 9.13. The van der Waals surface area contributed by atoms with Gasteiger partial charge in [0.2, 0.25) is 0 Å². The van der Waals surface area contributed by atoms with Crippen molar-refractivity contribution in [1.29, 1.82) is 0 Å². The zero-order valence-corrected chi connectivity index (χ0v) is 12.0. The monoisotopic (exact) mass is 264 g/mol. The van der Waals surface area contributed by atoms with E-state index in [1.165, 1.54) is 0 Å². The summed E-state index contributed by atoms with van der Waals surface area (Å²) in [7, 11) is 3.80. The van der Waals surface area contributed by atoms with Crippen LogP contribution in [0.2, 0.25) is 0 Å². The number of nitrogens with two attached hydrogens (primary N) is 1. The van der Waals surface area contributed by atoms with Crippen molar-refractivity contribution < 1.29 is 9.47 Å². The molecule has 0 aliphatic carbocycles. The molecule has 19 heavy (non-hydrogen) atoms. The third kappa shape index (κ3) is 3.26. The largest absolute Gasteiger partial charge is 0.497 e. The molecule has 4 nitrogen and oxygen atoms in total. The maximum atomic E-state index is 6.38. The number of methoxy groups -OCH3 is 1. The second kappa shape index (κ2) is 6.37. The number of nitrogens with zero attached hydrogens (tertiary/aromatic N) is 1. The molecule has 1 heterocycles. The summed E-state index contributed by atoms with van der Waals surface area (Å²) in [5, 5.41) is 0. The second-order valence-electron chi connectivity index (χ2n) is 5.22. The Balaban J connectivity index is 2.02. The van der Waals surface area contributed by atoms with Crippen LogP contribution >= 0.6 is 0 Å². The zero-order valence-electron chi connectivity index (χ0n) is 12.0. The van der Waals surface area contributed by atoms with Crippen LogP contribution in [-0.2, 0) is 4.74 Å². The molecule has 0 bridgehead atoms. The molecule has 1 aliphatic heterocycles. The second-order valence-corrected chi connectivity index (χ2v) is 5.22. The highest BCUT2D eigenvalue weighted by atomic mass is 16.5. The van der Waals surface area contributed by atoms with E-state index in [0.29, 0.717) is 6.04 Å². The normalized spacial score (nSPS) is 22.5. The van der Waals surface area contributed by atoms with E-state index in [2.05, 4.69) is 18.9 Å². The van der Waals surface area contributed by atoms with E-state index in [9.17, 15) is 0 Å². The number of rotatable bonds is 5. The number of benzene rings is 1. The maximum Gasteiger partial charge on any atom is 0.118 e. The van der Waals surface area contributed by atoms with Crippen molar-refractivity contribution in [2.24, 2.45) is 5.73 Å². The van der Waals surface area contributed by atoms with Crippen LogP contribution in [0.3, 0.4) is 0 Å². The molecular formula is C15H24N2O2. The van der Waals surface area contributed by atoms with Crippen LogP contribution in [-0.4, -0.2) is 44.4 Å². The van der Waals surface area contributed by atoms with Gasteiger partial charge in [-0.1, -0.05) is 12.1 Å². The topological polar surface area (TPSA) is 47.7 Å². The van der Waals surface area contributed by atoms with Gasteiger partial charge in [0.05, 0.1) is 13.7 Å². The Kier molecular flexibility index (Phi) is 4.80. The van der Waals surface area contributed by atoms with E-state index in [0.717, 1.165) is 30.9 Å². The summed E-state index contributed by atoms with van der Waals surface area (Å²) in [6, 6.07) is 8.76. The molecule has 1 aliphatic rings. The van der Waals surface area contributed by atoms with Gasteiger partial charge < -0.3 is 15.2 Å². The van der Waals surface area contributed by atoms with Crippen molar-refractivity contribution in [3.8, 4) is 5.75 Å². The highest BCUT2D eigenvalue weighted by Gasteiger charge is 2.27. The van der Waals surface area contributed by atoms with Crippen molar-refractivity contribution in [1.82, 2.24) is 4.90 Å². The lowest BCUT2D eigenvalue weighted by molar-refractivity contribution is 0.127. The number of hydrogen-bond donors (Lipinski definition) is 1. The van der Waals surface area contributed by atoms with Crippen LogP contribution in [0.5, 0.6) is 5.75 Å². The number of hydrogen-bond acceptors (Lipinski definition) is 4. The molecule has 2 rings (SSSR count). The van der Waals surface area contributed by atoms with Crippen molar-refractivity contribution in [3.05, 3.63) is 29.8 Å². The van der Waals surface area contributed by atoms with E-state index < -0.39 is 0 Å². The zero-order chi connectivity index (χ0) is 13.8. The molecule has 1 aromatic rings. The third-order valence-corrected chi connectivity index (χ3v) is 4.14. The van der Waals surface area contributed by atoms with Gasteiger partial charge in [0.25, 0.3) is 0 Å². The molecule has 106 valence electrons. The quantitative estimate of drug-likeness (QED) is 0.881. The van der Waals surface area contributed by atoms with Crippen LogP contribution in [0.1, 0.15) is 24.9 Å². The number of likely N-dealkylation sites (N-methyl/N-ethyl adjacent to an activating group) is 1. The predicted octanol–water partition coefficient (Wildman–Crippen LogP) is 1.80. The first kappa shape index (κ1) is 14.3. The summed E-state index contributed by atoms with van der Waals surface area (Å²) < 4.78 is 10.6. The number of ether oxygens (including phenoxy) is 2. The lowest BCUT2D eigenvalue weighted by atomic mass is 9.99. The van der Waals surface area contributed by atoms with E-state index in [1.807, 2.05) is 24.3 Å². The van der Waals surface area contributed by atoms with Gasteiger partial charge in [-0.3, -0.25) is 4.90 Å². The van der Waals surface area contributed by atoms with Crippen LogP contribution < -0.4 is 10.5 Å². The maximum absolute atomic E-state index is 6.38. The Morgan fingerprint density at radius 1 is 1.37 bits per heavy atom. The highest BCUT2D eigenvalue weighted by Crippen LogP contribution is 2.23. The Bertz CT molecular complexity index is 388. The van der Waals surface area contributed by atoms with Crippen molar-refractivity contribution in [3.63, 3.8) is 0 Å². The van der Waals surface area contributed by atoms with Crippen molar-refractivity contribution >= 4 is 0 Å². The van der Waals surface area contributed by atoms with Crippen molar-refractivity contribution in [2.45, 2.75) is 31.5 Å². The van der Waals surface area contributed by atoms with E-state index >= 15 is 0 Å². The minimum absolute atomic E-state index is 0.00324. The fourth-order valence-electron chi connectivity index (χ4n) is 2.53. The molecule has 0 radical (unpaired) electrons. The van der Waals surface area contributed by atoms with Gasteiger partial charge >= 0.3 is 0 Å². The van der Waals surface area contributed by atoms with Crippen LogP contribution in [0, 0.1) is 0 Å². The first-order valence-corrected chi connectivity index (χ1v) is 6.82. The Morgan fingerprint density at radius 3 is 2.58 bits per heavy atom. The summed E-state index contributed by atoms with van der Waals surface area (Å²) in [5.74, 6) is 0.862. The van der Waals surface area contributed by atoms with Gasteiger partial charge in [-0.2, -0.15) is 0 Å². The van der Waals surface area contributed by atoms with Crippen LogP contribution in [0.25, 0.3) is 0 Å². The fraction of sp³-hybridized carbons (Fsp3) is 0.600. The summed E-state index contributed by atoms with van der Waals surface area (Å²) in [6.45, 7) is 3.85. The molecule has 1 aromatic carbocycles. The molecule has 1 saturated heterocycles. The molecule has 0 aromatic heterocycles. The van der Waals surface area contributed by atoms with Crippen molar-refractivity contribution in [2.75, 3.05) is 27.4 Å². The third-order valence-electron chi connectivity index (χ3n) is 4.14. The molecule has 0 spiro atoms. The molecule has 3 unspecified atom stereocenters. The summed E-state index contributed by atoms with van der Waals surface area (Å²) in [4.78, 5) is 2.34. The first-order valence-electron chi connectivity index (χ1n) is 6.82. The standard InChI is InChI=1S/C15H24N2O2/c1-11(17(2)13-8-9-19-10-13)15(16)12-4-6-14(18-3)7-5-12/h4-7,11,13,15H,8-10,16H2,1-3H3. The van der Waals surface area contributed by atoms with E-state index in [4.69, 9.17) is 15.2 Å². The summed E-state index contributed by atoms with van der Waals surface area (Å²) >= 11 is 0. The summed E-state index contributed by atoms with van der Waals surface area (Å²) in [6.07, 6.45) is 1.09.